The smallest absolute Gasteiger partial charge is 0.303 e. The van der Waals surface area contributed by atoms with E-state index in [9.17, 15) is 72.2 Å². The van der Waals surface area contributed by atoms with E-state index in [-0.39, 0.29) is 44.4 Å². The summed E-state index contributed by atoms with van der Waals surface area (Å²) < 4.78 is 0. The van der Waals surface area contributed by atoms with Gasteiger partial charge in [0.1, 0.15) is 42.3 Å². The second-order valence-corrected chi connectivity index (χ2v) is 18.2. The summed E-state index contributed by atoms with van der Waals surface area (Å²) in [4.78, 5) is 177. The van der Waals surface area contributed by atoms with Crippen molar-refractivity contribution in [3.05, 3.63) is 0 Å². The fourth-order valence-electron chi connectivity index (χ4n) is 6.67. The Bertz CT molecular complexity index is 1970. The van der Waals surface area contributed by atoms with Crippen LogP contribution in [0.3, 0.4) is 0 Å². The summed E-state index contributed by atoms with van der Waals surface area (Å²) in [6.45, 7) is 7.57. The van der Waals surface area contributed by atoms with Crippen molar-refractivity contribution in [2.24, 2.45) is 23.3 Å². The Balaban J connectivity index is 3.06. The summed E-state index contributed by atoms with van der Waals surface area (Å²) in [6.07, 6.45) is -2.28. The Morgan fingerprint density at radius 1 is 0.600 bits per heavy atom. The number of amides is 11. The van der Waals surface area contributed by atoms with E-state index in [0.29, 0.717) is 6.42 Å². The summed E-state index contributed by atoms with van der Waals surface area (Å²) in [7, 11) is 0. The van der Waals surface area contributed by atoms with E-state index >= 15 is 0 Å². The summed E-state index contributed by atoms with van der Waals surface area (Å²) in [5.74, 6) is -12.6. The quantitative estimate of drug-likeness (QED) is 0.0312. The van der Waals surface area contributed by atoms with E-state index in [1.54, 1.807) is 13.8 Å². The molecule has 0 aliphatic carbocycles. The Morgan fingerprint density at radius 3 is 1.60 bits per heavy atom. The molecule has 0 saturated carbocycles. The molecule has 1 aliphatic heterocycles. The molecular weight excluding hydrogens is 947 g/mol. The van der Waals surface area contributed by atoms with Crippen molar-refractivity contribution in [3.8, 4) is 0 Å². The molecule has 392 valence electrons. The Kier molecular flexibility index (Phi) is 26.7. The molecule has 0 spiro atoms. The summed E-state index contributed by atoms with van der Waals surface area (Å²) >= 11 is 0.743. The minimum atomic E-state index is -1.56. The Labute approximate surface area is 408 Å². The van der Waals surface area contributed by atoms with E-state index in [1.807, 2.05) is 0 Å². The fraction of sp³-hybridized carbons (Fsp3) is 0.667. The molecule has 0 aromatic rings. The number of carbonyl (C=O) groups is 14. The molecule has 27 nitrogen and oxygen atoms in total. The van der Waals surface area contributed by atoms with Gasteiger partial charge in [-0.25, -0.2) is 0 Å². The van der Waals surface area contributed by atoms with Gasteiger partial charge in [-0.05, 0) is 50.9 Å². The number of hydrogen-bond donors (Lipinski definition) is 12. The second-order valence-electron chi connectivity index (χ2n) is 17.0. The van der Waals surface area contributed by atoms with Crippen molar-refractivity contribution >= 4 is 93.8 Å². The lowest BCUT2D eigenvalue weighted by Crippen LogP contribution is -2.59. The number of nitrogens with two attached hydrogens (primary N) is 2. The number of nitrogens with one attached hydrogen (secondary N) is 8. The maximum absolute atomic E-state index is 13.7. The predicted octanol–water partition coefficient (Wildman–Crippen LogP) is -4.40. The van der Waals surface area contributed by atoms with Gasteiger partial charge in [0.05, 0.1) is 13.1 Å². The van der Waals surface area contributed by atoms with E-state index in [0.717, 1.165) is 23.6 Å². The Hall–Kier alpha value is -6.87. The summed E-state index contributed by atoms with van der Waals surface area (Å²) in [6, 6.07) is -9.04. The number of carbonyl (C=O) groups excluding carboxylic acids is 12. The average Bonchev–Trinajstić information content (AvgIpc) is 3.77. The van der Waals surface area contributed by atoms with Crippen LogP contribution in [0.25, 0.3) is 0 Å². The first-order chi connectivity index (χ1) is 32.6. The molecule has 0 bridgehead atoms. The van der Waals surface area contributed by atoms with E-state index in [4.69, 9.17) is 16.6 Å². The standard InChI is InChI=1S/C42H67N11O16S/c1-20(2)34(41(68)46-19-33(62)70-17-15-29(56)47-22(5)36(44)63)51-39(66)26(9-12-28(43)55)49-40(67)27-8-7-16-53(27)30(57)18-45-37(64)24(10-13-31(58)59)50-42(69)35(21(3)4)52-38(65)25(48-23(6)54)11-14-32(60)61/h20-22,24-27,34-35H,7-19H2,1-6H3,(H2,43,55)(H2,44,63)(H,45,64)(H,46,68)(H,47,56)(H,48,54)(H,49,67)(H,50,69)(H,51,66)(H,52,65)(H,58,59)(H,60,61)/t22-,24-,25-,26-,27-,34-,35-/m0/s1. The first-order valence-corrected chi connectivity index (χ1v) is 23.4. The molecule has 0 unspecified atom stereocenters. The third-order valence-corrected chi connectivity index (χ3v) is 11.4. The normalized spacial score (nSPS) is 15.7. The van der Waals surface area contributed by atoms with Crippen molar-refractivity contribution in [2.45, 2.75) is 142 Å². The zero-order chi connectivity index (χ0) is 53.4. The maximum Gasteiger partial charge on any atom is 0.303 e. The van der Waals surface area contributed by atoms with Gasteiger partial charge in [0.2, 0.25) is 70.1 Å². The lowest BCUT2D eigenvalue weighted by molar-refractivity contribution is -0.141. The Morgan fingerprint density at radius 2 is 1.10 bits per heavy atom. The first-order valence-electron chi connectivity index (χ1n) is 22.4. The number of likely N-dealkylation sites (tertiary alicyclic amines) is 1. The number of aliphatic carboxylic acids is 2. The van der Waals surface area contributed by atoms with Crippen LogP contribution in [-0.4, -0.2) is 165 Å². The maximum atomic E-state index is 13.7. The summed E-state index contributed by atoms with van der Waals surface area (Å²) in [5, 5.41) is 37.2. The van der Waals surface area contributed by atoms with Gasteiger partial charge >= 0.3 is 11.9 Å². The van der Waals surface area contributed by atoms with Crippen LogP contribution in [0.4, 0.5) is 0 Å². The van der Waals surface area contributed by atoms with Gasteiger partial charge in [0, 0.05) is 44.9 Å². The first kappa shape index (κ1) is 61.1. The minimum absolute atomic E-state index is 0.0272. The third kappa shape index (κ3) is 23.0. The van der Waals surface area contributed by atoms with Gasteiger partial charge in [-0.15, -0.1) is 0 Å². The monoisotopic (exact) mass is 1010 g/mol. The minimum Gasteiger partial charge on any atom is -0.481 e. The molecule has 1 aliphatic rings. The molecule has 0 radical (unpaired) electrons. The molecule has 11 amide bonds. The number of carboxylic acid groups (broad SMARTS) is 2. The van der Waals surface area contributed by atoms with Crippen molar-refractivity contribution in [1.82, 2.24) is 47.4 Å². The van der Waals surface area contributed by atoms with Gasteiger partial charge in [0.25, 0.3) is 0 Å². The van der Waals surface area contributed by atoms with Crippen LogP contribution in [0, 0.1) is 11.8 Å². The number of primary amides is 2. The molecule has 14 N–H and O–H groups in total. The SMILES string of the molecule is CC(=O)N[C@@H](CCC(=O)O)C(=O)N[C@H](C(=O)N[C@@H](CCC(=O)O)C(=O)NCC(=O)N1CCC[C@H]1C(=O)N[C@@H](CCC(N)=O)C(=O)N[C@H](C(=O)NCC(=O)SCCC(=O)N[C@@H](C)C(N)=O)C(C)C)C(C)C. The molecule has 1 heterocycles. The molecule has 0 aromatic heterocycles. The van der Waals surface area contributed by atoms with Crippen LogP contribution in [0.5, 0.6) is 0 Å². The molecule has 28 heteroatoms. The molecule has 1 rings (SSSR count). The van der Waals surface area contributed by atoms with Crippen molar-refractivity contribution in [2.75, 3.05) is 25.4 Å². The topological polar surface area (TPSA) is 431 Å². The summed E-state index contributed by atoms with van der Waals surface area (Å²) in [5.41, 5.74) is 10.4. The second kappa shape index (κ2) is 30.6. The van der Waals surface area contributed by atoms with Crippen LogP contribution < -0.4 is 54.0 Å². The zero-order valence-corrected chi connectivity index (χ0v) is 40.8. The fourth-order valence-corrected chi connectivity index (χ4v) is 7.36. The molecule has 1 fully saturated rings. The highest BCUT2D eigenvalue weighted by atomic mass is 32.2. The van der Waals surface area contributed by atoms with Crippen molar-refractivity contribution in [1.29, 1.82) is 0 Å². The van der Waals surface area contributed by atoms with Crippen molar-refractivity contribution < 1.29 is 77.3 Å². The average molecular weight is 1010 g/mol. The van der Waals surface area contributed by atoms with Crippen LogP contribution in [0.1, 0.15) is 99.3 Å². The van der Waals surface area contributed by atoms with Crippen LogP contribution >= 0.6 is 11.8 Å². The lowest BCUT2D eigenvalue weighted by atomic mass is 10.0. The van der Waals surface area contributed by atoms with Crippen LogP contribution in [0.15, 0.2) is 0 Å². The predicted molar refractivity (Wildman–Crippen MR) is 247 cm³/mol. The highest BCUT2D eigenvalue weighted by Gasteiger charge is 2.38. The van der Waals surface area contributed by atoms with Crippen LogP contribution in [0.2, 0.25) is 0 Å². The van der Waals surface area contributed by atoms with E-state index in [1.165, 1.54) is 20.8 Å². The van der Waals surface area contributed by atoms with Gasteiger partial charge < -0.3 is 69.1 Å². The molecule has 7 atom stereocenters. The van der Waals surface area contributed by atoms with Gasteiger partial charge in [-0.1, -0.05) is 39.5 Å². The van der Waals surface area contributed by atoms with Gasteiger partial charge in [-0.3, -0.25) is 67.1 Å². The number of nitrogens with zero attached hydrogens (tertiary/aromatic N) is 1. The van der Waals surface area contributed by atoms with E-state index in [2.05, 4.69) is 42.5 Å². The molecular formula is C42H67N11O16S. The van der Waals surface area contributed by atoms with Crippen molar-refractivity contribution in [3.63, 3.8) is 0 Å². The number of carboxylic acids is 2. The van der Waals surface area contributed by atoms with Crippen LogP contribution in [-0.2, 0) is 67.1 Å². The third-order valence-electron chi connectivity index (χ3n) is 10.5. The highest BCUT2D eigenvalue weighted by Crippen LogP contribution is 2.18. The van der Waals surface area contributed by atoms with E-state index < -0.39 is 169 Å². The molecule has 0 aromatic carbocycles. The largest absolute Gasteiger partial charge is 0.481 e. The number of thioether (sulfide) groups is 1. The highest BCUT2D eigenvalue weighted by molar-refractivity contribution is 8.13. The lowest BCUT2D eigenvalue weighted by Gasteiger charge is -2.28. The molecule has 70 heavy (non-hydrogen) atoms. The zero-order valence-electron chi connectivity index (χ0n) is 40.0. The molecule has 1 saturated heterocycles. The van der Waals surface area contributed by atoms with Gasteiger partial charge in [0.15, 0.2) is 0 Å². The van der Waals surface area contributed by atoms with Gasteiger partial charge in [-0.2, -0.15) is 0 Å². The number of hydrogen-bond acceptors (Lipinski definition) is 15. The number of rotatable bonds is 31.